The molecular weight excluding hydrogens is 224 g/mol. The van der Waals surface area contributed by atoms with Crippen LogP contribution in [-0.2, 0) is 15.6 Å². The molecule has 0 spiro atoms. The molecule has 2 unspecified atom stereocenters. The molecular formula is C12H16O3S. The van der Waals surface area contributed by atoms with E-state index in [9.17, 15) is 9.00 Å². The normalized spacial score (nSPS) is 14.4. The number of carbonyl (C=O) groups is 1. The van der Waals surface area contributed by atoms with Crippen LogP contribution in [0.3, 0.4) is 0 Å². The summed E-state index contributed by atoms with van der Waals surface area (Å²) in [6.07, 6.45) is 1.16. The number of hydrogen-bond donors (Lipinski definition) is 1. The van der Waals surface area contributed by atoms with Crippen molar-refractivity contribution < 1.29 is 14.1 Å². The molecule has 0 amide bonds. The van der Waals surface area contributed by atoms with E-state index in [1.165, 1.54) is 0 Å². The van der Waals surface area contributed by atoms with Crippen LogP contribution in [0, 0.1) is 6.92 Å². The Morgan fingerprint density at radius 2 is 2.06 bits per heavy atom. The molecule has 16 heavy (non-hydrogen) atoms. The van der Waals surface area contributed by atoms with Crippen molar-refractivity contribution in [2.24, 2.45) is 0 Å². The second kappa shape index (κ2) is 5.80. The average Bonchev–Trinajstić information content (AvgIpc) is 2.25. The number of hydrogen-bond acceptors (Lipinski definition) is 2. The van der Waals surface area contributed by atoms with E-state index in [-0.39, 0.29) is 0 Å². The summed E-state index contributed by atoms with van der Waals surface area (Å²) < 4.78 is 12.1. The van der Waals surface area contributed by atoms with Gasteiger partial charge in [0.1, 0.15) is 5.25 Å². The standard InChI is InChI=1S/C12H16O3S/c1-3-6-11(12(13)14)16(15)10-8-5-4-7-9(10)2/h4-5,7-8,11H,3,6H2,1-2H3,(H,13,14). The summed E-state index contributed by atoms with van der Waals surface area (Å²) in [5.74, 6) is -0.983. The number of carboxylic acid groups (broad SMARTS) is 1. The van der Waals surface area contributed by atoms with E-state index in [0.29, 0.717) is 17.7 Å². The first-order valence-electron chi connectivity index (χ1n) is 5.27. The maximum absolute atomic E-state index is 12.1. The average molecular weight is 240 g/mol. The number of benzene rings is 1. The highest BCUT2D eigenvalue weighted by molar-refractivity contribution is 7.86. The number of aliphatic carboxylic acids is 1. The van der Waals surface area contributed by atoms with Crippen LogP contribution in [0.15, 0.2) is 29.2 Å². The molecule has 2 atom stereocenters. The molecule has 3 nitrogen and oxygen atoms in total. The van der Waals surface area contributed by atoms with Crippen LogP contribution in [0.1, 0.15) is 25.3 Å². The molecule has 0 radical (unpaired) electrons. The van der Waals surface area contributed by atoms with Crippen molar-refractivity contribution in [1.82, 2.24) is 0 Å². The number of rotatable bonds is 5. The fourth-order valence-corrected chi connectivity index (χ4v) is 3.06. The minimum Gasteiger partial charge on any atom is -0.480 e. The van der Waals surface area contributed by atoms with Crippen molar-refractivity contribution in [3.8, 4) is 0 Å². The lowest BCUT2D eigenvalue weighted by Gasteiger charge is -2.12. The van der Waals surface area contributed by atoms with Crippen LogP contribution in [0.25, 0.3) is 0 Å². The van der Waals surface area contributed by atoms with Gasteiger partial charge in [-0.2, -0.15) is 0 Å². The topological polar surface area (TPSA) is 54.4 Å². The van der Waals surface area contributed by atoms with Gasteiger partial charge in [-0.3, -0.25) is 9.00 Å². The monoisotopic (exact) mass is 240 g/mol. The second-order valence-corrected chi connectivity index (χ2v) is 5.28. The molecule has 0 aromatic heterocycles. The van der Waals surface area contributed by atoms with Crippen LogP contribution in [0.5, 0.6) is 0 Å². The van der Waals surface area contributed by atoms with E-state index in [4.69, 9.17) is 5.11 Å². The Morgan fingerprint density at radius 1 is 1.44 bits per heavy atom. The van der Waals surface area contributed by atoms with Crippen molar-refractivity contribution in [2.75, 3.05) is 0 Å². The van der Waals surface area contributed by atoms with Crippen molar-refractivity contribution in [2.45, 2.75) is 36.8 Å². The maximum atomic E-state index is 12.1. The summed E-state index contributed by atoms with van der Waals surface area (Å²) in [6.45, 7) is 3.74. The van der Waals surface area contributed by atoms with Crippen LogP contribution in [0.4, 0.5) is 0 Å². The van der Waals surface area contributed by atoms with Gasteiger partial charge in [0.15, 0.2) is 0 Å². The van der Waals surface area contributed by atoms with Crippen LogP contribution in [-0.4, -0.2) is 20.5 Å². The molecule has 0 aliphatic carbocycles. The van der Waals surface area contributed by atoms with Crippen LogP contribution < -0.4 is 0 Å². The SMILES string of the molecule is CCCC(C(=O)O)S(=O)c1ccccc1C. The Hall–Kier alpha value is -1.16. The Kier molecular flexibility index (Phi) is 4.68. The van der Waals surface area contributed by atoms with Crippen molar-refractivity contribution in [1.29, 1.82) is 0 Å². The van der Waals surface area contributed by atoms with Gasteiger partial charge >= 0.3 is 5.97 Å². The molecule has 1 N–H and O–H groups in total. The van der Waals surface area contributed by atoms with Gasteiger partial charge < -0.3 is 5.11 Å². The molecule has 0 heterocycles. The Balaban J connectivity index is 2.99. The third kappa shape index (κ3) is 2.92. The Morgan fingerprint density at radius 3 is 2.56 bits per heavy atom. The van der Waals surface area contributed by atoms with Crippen molar-refractivity contribution in [3.63, 3.8) is 0 Å². The molecule has 0 fully saturated rings. The van der Waals surface area contributed by atoms with Gasteiger partial charge in [0.25, 0.3) is 0 Å². The highest BCUT2D eigenvalue weighted by Gasteiger charge is 2.25. The summed E-state index contributed by atoms with van der Waals surface area (Å²) in [4.78, 5) is 11.7. The Labute approximate surface area is 98.0 Å². The third-order valence-corrected chi connectivity index (χ3v) is 4.24. The molecule has 0 saturated carbocycles. The predicted molar refractivity (Wildman–Crippen MR) is 63.9 cm³/mol. The van der Waals surface area contributed by atoms with Gasteiger partial charge in [-0.15, -0.1) is 0 Å². The highest BCUT2D eigenvalue weighted by Crippen LogP contribution is 2.18. The van der Waals surface area contributed by atoms with Gasteiger partial charge in [0.2, 0.25) is 0 Å². The zero-order chi connectivity index (χ0) is 12.1. The molecule has 0 saturated heterocycles. The van der Waals surface area contributed by atoms with E-state index in [1.807, 2.05) is 26.0 Å². The fourth-order valence-electron chi connectivity index (χ4n) is 1.52. The summed E-state index contributed by atoms with van der Waals surface area (Å²) >= 11 is 0. The van der Waals surface area contributed by atoms with Crippen molar-refractivity contribution in [3.05, 3.63) is 29.8 Å². The van der Waals surface area contributed by atoms with Crippen LogP contribution >= 0.6 is 0 Å². The van der Waals surface area contributed by atoms with E-state index in [0.717, 1.165) is 5.56 Å². The molecule has 4 heteroatoms. The number of carboxylic acids is 1. The maximum Gasteiger partial charge on any atom is 0.319 e. The minimum atomic E-state index is -1.46. The summed E-state index contributed by atoms with van der Waals surface area (Å²) in [5.41, 5.74) is 0.878. The first-order valence-corrected chi connectivity index (χ1v) is 6.48. The van der Waals surface area contributed by atoms with Gasteiger partial charge in [-0.05, 0) is 25.0 Å². The molecule has 1 aromatic carbocycles. The number of aryl methyl sites for hydroxylation is 1. The lowest BCUT2D eigenvalue weighted by atomic mass is 10.2. The lowest BCUT2D eigenvalue weighted by Crippen LogP contribution is -2.25. The first kappa shape index (κ1) is 12.9. The molecule has 88 valence electrons. The molecule has 0 bridgehead atoms. The van der Waals surface area contributed by atoms with Gasteiger partial charge in [0.05, 0.1) is 10.8 Å². The molecule has 1 rings (SSSR count). The van der Waals surface area contributed by atoms with Gasteiger partial charge in [-0.1, -0.05) is 31.5 Å². The molecule has 1 aromatic rings. The zero-order valence-corrected chi connectivity index (χ0v) is 10.3. The van der Waals surface area contributed by atoms with Gasteiger partial charge in [-0.25, -0.2) is 0 Å². The van der Waals surface area contributed by atoms with Gasteiger partial charge in [0, 0.05) is 4.90 Å². The van der Waals surface area contributed by atoms with E-state index in [1.54, 1.807) is 12.1 Å². The molecule has 0 aliphatic heterocycles. The predicted octanol–water partition coefficient (Wildman–Crippen LogP) is 2.36. The minimum absolute atomic E-state index is 0.441. The van der Waals surface area contributed by atoms with E-state index in [2.05, 4.69) is 0 Å². The van der Waals surface area contributed by atoms with Crippen molar-refractivity contribution >= 4 is 16.8 Å². The summed E-state index contributed by atoms with van der Waals surface area (Å²) in [5, 5.41) is 8.23. The smallest absolute Gasteiger partial charge is 0.319 e. The zero-order valence-electron chi connectivity index (χ0n) is 9.47. The van der Waals surface area contributed by atoms with Crippen LogP contribution in [0.2, 0.25) is 0 Å². The first-order chi connectivity index (χ1) is 7.57. The fraction of sp³-hybridized carbons (Fsp3) is 0.417. The summed E-state index contributed by atoms with van der Waals surface area (Å²) in [6, 6.07) is 7.21. The lowest BCUT2D eigenvalue weighted by molar-refractivity contribution is -0.136. The highest BCUT2D eigenvalue weighted by atomic mass is 32.2. The summed E-state index contributed by atoms with van der Waals surface area (Å²) in [7, 11) is -1.46. The largest absolute Gasteiger partial charge is 0.480 e. The quantitative estimate of drug-likeness (QED) is 0.859. The van der Waals surface area contributed by atoms with E-state index >= 15 is 0 Å². The Bertz CT molecular complexity index is 401. The molecule has 0 aliphatic rings. The third-order valence-electron chi connectivity index (χ3n) is 2.40. The second-order valence-electron chi connectivity index (χ2n) is 3.68. The van der Waals surface area contributed by atoms with E-state index < -0.39 is 22.0 Å².